The zero-order valence-electron chi connectivity index (χ0n) is 8.38. The Labute approximate surface area is 89.0 Å². The van der Waals surface area contributed by atoms with Crippen molar-refractivity contribution in [1.82, 2.24) is 5.16 Å². The van der Waals surface area contributed by atoms with Gasteiger partial charge in [0.05, 0.1) is 11.6 Å². The van der Waals surface area contributed by atoms with Crippen molar-refractivity contribution in [2.24, 2.45) is 5.73 Å². The van der Waals surface area contributed by atoms with Gasteiger partial charge < -0.3 is 10.3 Å². The molecule has 3 nitrogen and oxygen atoms in total. The molecule has 0 saturated heterocycles. The third kappa shape index (κ3) is 1.76. The molecule has 6 heteroatoms. The minimum Gasteiger partial charge on any atom is -0.358 e. The summed E-state index contributed by atoms with van der Waals surface area (Å²) in [5, 5.41) is 3.95. The summed E-state index contributed by atoms with van der Waals surface area (Å²) >= 11 is 0. The van der Waals surface area contributed by atoms with Crippen molar-refractivity contribution in [2.75, 3.05) is 0 Å². The largest absolute Gasteiger partial charge is 0.416 e. The molecule has 0 fully saturated rings. The zero-order valence-corrected chi connectivity index (χ0v) is 8.38. The zero-order chi connectivity index (χ0) is 11.9. The highest BCUT2D eigenvalue weighted by atomic mass is 19.4. The first-order chi connectivity index (χ1) is 7.39. The van der Waals surface area contributed by atoms with Crippen molar-refractivity contribution in [3.8, 4) is 0 Å². The molecular weight excluding hydrogens is 221 g/mol. The summed E-state index contributed by atoms with van der Waals surface area (Å²) in [6, 6.07) is 2.75. The van der Waals surface area contributed by atoms with E-state index in [2.05, 4.69) is 5.16 Å². The van der Waals surface area contributed by atoms with Crippen LogP contribution in [0.5, 0.6) is 0 Å². The molecule has 0 aliphatic carbocycles. The third-order valence-corrected chi connectivity index (χ3v) is 2.25. The molecule has 1 atom stereocenters. The lowest BCUT2D eigenvalue weighted by Crippen LogP contribution is -2.06. The van der Waals surface area contributed by atoms with Gasteiger partial charge in [-0.25, -0.2) is 0 Å². The Kier molecular flexibility index (Phi) is 2.38. The van der Waals surface area contributed by atoms with E-state index < -0.39 is 17.8 Å². The van der Waals surface area contributed by atoms with Gasteiger partial charge in [0.2, 0.25) is 0 Å². The van der Waals surface area contributed by atoms with Crippen molar-refractivity contribution in [2.45, 2.75) is 19.1 Å². The maximum Gasteiger partial charge on any atom is 0.416 e. The van der Waals surface area contributed by atoms with E-state index in [1.807, 2.05) is 0 Å². The summed E-state index contributed by atoms with van der Waals surface area (Å²) in [5.74, 6) is 0.265. The molecule has 0 bridgehead atoms. The van der Waals surface area contributed by atoms with E-state index in [9.17, 15) is 13.2 Å². The molecule has 86 valence electrons. The van der Waals surface area contributed by atoms with Gasteiger partial charge >= 0.3 is 6.18 Å². The van der Waals surface area contributed by atoms with Gasteiger partial charge in [-0.2, -0.15) is 13.2 Å². The summed E-state index contributed by atoms with van der Waals surface area (Å²) < 4.78 is 42.3. The van der Waals surface area contributed by atoms with Crippen LogP contribution in [-0.4, -0.2) is 5.16 Å². The van der Waals surface area contributed by atoms with Gasteiger partial charge in [0.1, 0.15) is 5.52 Å². The lowest BCUT2D eigenvalue weighted by molar-refractivity contribution is -0.137. The number of nitrogens with zero attached hydrogens (tertiary/aromatic N) is 1. The quantitative estimate of drug-likeness (QED) is 0.819. The molecule has 0 radical (unpaired) electrons. The second-order valence-electron chi connectivity index (χ2n) is 3.57. The van der Waals surface area contributed by atoms with E-state index in [1.54, 1.807) is 6.92 Å². The molecule has 0 aliphatic rings. The summed E-state index contributed by atoms with van der Waals surface area (Å²) in [5.41, 5.74) is 5.21. The summed E-state index contributed by atoms with van der Waals surface area (Å²) in [7, 11) is 0. The maximum absolute atomic E-state index is 12.5. The predicted octanol–water partition coefficient (Wildman–Crippen LogP) is 2.87. The smallest absolute Gasteiger partial charge is 0.358 e. The second kappa shape index (κ2) is 3.48. The van der Waals surface area contributed by atoms with Crippen molar-refractivity contribution < 1.29 is 17.7 Å². The number of hydrogen-bond donors (Lipinski definition) is 1. The molecule has 16 heavy (non-hydrogen) atoms. The number of alkyl halides is 3. The highest BCUT2D eigenvalue weighted by Crippen LogP contribution is 2.33. The molecule has 0 spiro atoms. The lowest BCUT2D eigenvalue weighted by atomic mass is 10.1. The fraction of sp³-hybridized carbons (Fsp3) is 0.300. The number of benzene rings is 1. The van der Waals surface area contributed by atoms with Crippen LogP contribution in [0.3, 0.4) is 0 Å². The maximum atomic E-state index is 12.5. The van der Waals surface area contributed by atoms with E-state index in [0.717, 1.165) is 12.1 Å². The van der Waals surface area contributed by atoms with Crippen LogP contribution in [0.1, 0.15) is 24.3 Å². The Balaban J connectivity index is 2.63. The number of fused-ring (bicyclic) bond motifs is 1. The molecule has 0 saturated carbocycles. The predicted molar refractivity (Wildman–Crippen MR) is 51.6 cm³/mol. The first-order valence-corrected chi connectivity index (χ1v) is 4.61. The summed E-state index contributed by atoms with van der Waals surface area (Å²) in [6.07, 6.45) is -4.37. The Morgan fingerprint density at radius 1 is 1.38 bits per heavy atom. The van der Waals surface area contributed by atoms with Gasteiger partial charge in [0.15, 0.2) is 5.76 Å². The molecule has 1 aromatic carbocycles. The monoisotopic (exact) mass is 230 g/mol. The highest BCUT2D eigenvalue weighted by Gasteiger charge is 2.31. The normalized spacial score (nSPS) is 14.3. The van der Waals surface area contributed by atoms with Crippen LogP contribution in [-0.2, 0) is 6.18 Å². The topological polar surface area (TPSA) is 52.0 Å². The van der Waals surface area contributed by atoms with Gasteiger partial charge in [-0.05, 0) is 25.1 Å². The Morgan fingerprint density at radius 2 is 2.06 bits per heavy atom. The molecule has 1 aromatic heterocycles. The van der Waals surface area contributed by atoms with Crippen LogP contribution in [0, 0.1) is 0 Å². The number of rotatable bonds is 1. The van der Waals surface area contributed by atoms with Crippen LogP contribution in [0.15, 0.2) is 22.7 Å². The number of halogens is 3. The van der Waals surface area contributed by atoms with Crippen LogP contribution >= 0.6 is 0 Å². The fourth-order valence-corrected chi connectivity index (χ4v) is 1.47. The minimum absolute atomic E-state index is 0.265. The molecule has 2 N–H and O–H groups in total. The van der Waals surface area contributed by atoms with Gasteiger partial charge in [-0.15, -0.1) is 0 Å². The molecule has 1 heterocycles. The van der Waals surface area contributed by atoms with E-state index in [4.69, 9.17) is 10.3 Å². The molecule has 0 amide bonds. The van der Waals surface area contributed by atoms with Crippen LogP contribution < -0.4 is 5.73 Å². The average Bonchev–Trinajstić information content (AvgIpc) is 2.58. The first-order valence-electron chi connectivity index (χ1n) is 4.61. The SMILES string of the molecule is CC(N)c1onc2ccc(C(F)(F)F)cc12. The van der Waals surface area contributed by atoms with Gasteiger partial charge in [-0.3, -0.25) is 0 Å². The van der Waals surface area contributed by atoms with E-state index >= 15 is 0 Å². The van der Waals surface area contributed by atoms with Crippen molar-refractivity contribution in [3.63, 3.8) is 0 Å². The number of aromatic nitrogens is 1. The lowest BCUT2D eigenvalue weighted by Gasteiger charge is -2.06. The van der Waals surface area contributed by atoms with Crippen molar-refractivity contribution in [3.05, 3.63) is 29.5 Å². The Hall–Kier alpha value is -1.56. The second-order valence-corrected chi connectivity index (χ2v) is 3.57. The fourth-order valence-electron chi connectivity index (χ4n) is 1.47. The summed E-state index contributed by atoms with van der Waals surface area (Å²) in [6.45, 7) is 1.63. The van der Waals surface area contributed by atoms with E-state index in [0.29, 0.717) is 10.9 Å². The molecule has 2 aromatic rings. The van der Waals surface area contributed by atoms with Crippen LogP contribution in [0.4, 0.5) is 13.2 Å². The highest BCUT2D eigenvalue weighted by molar-refractivity contribution is 5.81. The van der Waals surface area contributed by atoms with Crippen LogP contribution in [0.25, 0.3) is 10.9 Å². The van der Waals surface area contributed by atoms with Gasteiger partial charge in [0, 0.05) is 5.39 Å². The Morgan fingerprint density at radius 3 is 2.62 bits per heavy atom. The van der Waals surface area contributed by atoms with Crippen molar-refractivity contribution in [1.29, 1.82) is 0 Å². The number of hydrogen-bond acceptors (Lipinski definition) is 3. The minimum atomic E-state index is -4.37. The van der Waals surface area contributed by atoms with Crippen molar-refractivity contribution >= 4 is 10.9 Å². The van der Waals surface area contributed by atoms with Crippen LogP contribution in [0.2, 0.25) is 0 Å². The van der Waals surface area contributed by atoms with Gasteiger partial charge in [-0.1, -0.05) is 5.16 Å². The first kappa shape index (κ1) is 10.9. The third-order valence-electron chi connectivity index (χ3n) is 2.25. The van der Waals surface area contributed by atoms with E-state index in [1.165, 1.54) is 6.07 Å². The van der Waals surface area contributed by atoms with E-state index in [-0.39, 0.29) is 5.76 Å². The number of nitrogens with two attached hydrogens (primary N) is 1. The Bertz CT molecular complexity index is 516. The average molecular weight is 230 g/mol. The molecule has 1 unspecified atom stereocenters. The molecule has 0 aliphatic heterocycles. The van der Waals surface area contributed by atoms with Gasteiger partial charge in [0.25, 0.3) is 0 Å². The molecule has 2 rings (SSSR count). The molecular formula is C10H9F3N2O. The standard InChI is InChI=1S/C10H9F3N2O/c1-5(14)9-7-4-6(10(11,12)13)2-3-8(7)15-16-9/h2-5H,14H2,1H3. The summed E-state index contributed by atoms with van der Waals surface area (Å²) in [4.78, 5) is 0.